The van der Waals surface area contributed by atoms with Gasteiger partial charge in [-0.25, -0.2) is 4.79 Å². The third-order valence-electron chi connectivity index (χ3n) is 3.57. The molecule has 0 bridgehead atoms. The number of carbonyl (C=O) groups is 1. The standard InChI is InChI=1S/C18H18ClN3O3S/c1-4-22-16(23)15(11-21(3)13-8-6-12(19)7-9-13)26-17(22)14(10-20)18(24)25-5-2/h6-9,11H,4-5H2,1-3H3/b15-11+,17-14-. The van der Waals surface area contributed by atoms with Crippen molar-refractivity contribution in [2.45, 2.75) is 20.4 Å². The van der Waals surface area contributed by atoms with Gasteiger partial charge in [0.1, 0.15) is 15.3 Å². The van der Waals surface area contributed by atoms with Gasteiger partial charge in [0.05, 0.1) is 6.61 Å². The van der Waals surface area contributed by atoms with Gasteiger partial charge in [0.15, 0.2) is 5.57 Å². The zero-order valence-electron chi connectivity index (χ0n) is 14.7. The van der Waals surface area contributed by atoms with E-state index in [0.717, 1.165) is 17.0 Å². The van der Waals surface area contributed by atoms with Gasteiger partial charge in [-0.2, -0.15) is 5.26 Å². The summed E-state index contributed by atoms with van der Waals surface area (Å²) in [5.41, 5.74) is 0.427. The van der Waals surface area contributed by atoms with Crippen LogP contribution < -0.4 is 19.7 Å². The zero-order chi connectivity index (χ0) is 19.3. The van der Waals surface area contributed by atoms with Crippen molar-refractivity contribution in [1.82, 2.24) is 4.57 Å². The van der Waals surface area contributed by atoms with Crippen LogP contribution in [0, 0.1) is 11.3 Å². The van der Waals surface area contributed by atoms with Crippen LogP contribution in [0.2, 0.25) is 5.02 Å². The summed E-state index contributed by atoms with van der Waals surface area (Å²) >= 11 is 6.98. The Hall–Kier alpha value is -2.56. The van der Waals surface area contributed by atoms with E-state index in [2.05, 4.69) is 0 Å². The maximum absolute atomic E-state index is 12.7. The second-order valence-corrected chi connectivity index (χ2v) is 6.71. The lowest BCUT2D eigenvalue weighted by atomic mass is 10.3. The number of rotatable bonds is 5. The molecule has 0 spiro atoms. The molecule has 2 aromatic rings. The van der Waals surface area contributed by atoms with Gasteiger partial charge < -0.3 is 9.64 Å². The van der Waals surface area contributed by atoms with E-state index in [0.29, 0.717) is 20.8 Å². The molecule has 2 rings (SSSR count). The second kappa shape index (κ2) is 8.70. The van der Waals surface area contributed by atoms with Crippen molar-refractivity contribution in [1.29, 1.82) is 5.26 Å². The van der Waals surface area contributed by atoms with Crippen LogP contribution >= 0.6 is 22.9 Å². The van der Waals surface area contributed by atoms with Crippen LogP contribution in [0.4, 0.5) is 5.69 Å². The highest BCUT2D eigenvalue weighted by molar-refractivity contribution is 7.07. The summed E-state index contributed by atoms with van der Waals surface area (Å²) in [5.74, 6) is -0.726. The Labute approximate surface area is 159 Å². The fraction of sp³-hybridized carbons (Fsp3) is 0.278. The van der Waals surface area contributed by atoms with Gasteiger partial charge in [-0.15, -0.1) is 11.3 Å². The number of benzene rings is 1. The lowest BCUT2D eigenvalue weighted by molar-refractivity contribution is -0.136. The molecule has 0 fully saturated rings. The number of nitriles is 1. The van der Waals surface area contributed by atoms with Gasteiger partial charge >= 0.3 is 5.97 Å². The molecule has 26 heavy (non-hydrogen) atoms. The minimum atomic E-state index is -0.726. The van der Waals surface area contributed by atoms with Gasteiger partial charge in [-0.3, -0.25) is 9.36 Å². The maximum atomic E-state index is 12.7. The summed E-state index contributed by atoms with van der Waals surface area (Å²) in [7, 11) is 1.80. The lowest BCUT2D eigenvalue weighted by Gasteiger charge is -2.13. The number of nitrogens with zero attached hydrogens (tertiary/aromatic N) is 3. The number of carbonyl (C=O) groups excluding carboxylic acids is 1. The molecule has 1 aromatic heterocycles. The van der Waals surface area contributed by atoms with E-state index in [-0.39, 0.29) is 17.7 Å². The first-order chi connectivity index (χ1) is 12.4. The van der Waals surface area contributed by atoms with E-state index < -0.39 is 5.97 Å². The van der Waals surface area contributed by atoms with Crippen LogP contribution in [-0.2, 0) is 16.1 Å². The number of aromatic nitrogens is 1. The molecule has 1 aromatic carbocycles. The number of ether oxygens (including phenoxy) is 1. The lowest BCUT2D eigenvalue weighted by Crippen LogP contribution is -2.33. The number of anilines is 1. The first-order valence-electron chi connectivity index (χ1n) is 7.94. The van der Waals surface area contributed by atoms with Crippen molar-refractivity contribution in [3.63, 3.8) is 0 Å². The van der Waals surface area contributed by atoms with Crippen LogP contribution in [0.25, 0.3) is 11.8 Å². The maximum Gasteiger partial charge on any atom is 0.351 e. The number of thiazole rings is 1. The van der Waals surface area contributed by atoms with Crippen LogP contribution in [-0.4, -0.2) is 24.2 Å². The smallest absolute Gasteiger partial charge is 0.351 e. The summed E-state index contributed by atoms with van der Waals surface area (Å²) in [6, 6.07) is 9.04. The van der Waals surface area contributed by atoms with Crippen molar-refractivity contribution >= 4 is 46.4 Å². The molecule has 0 N–H and O–H groups in total. The van der Waals surface area contributed by atoms with Gasteiger partial charge in [-0.05, 0) is 38.1 Å². The Morgan fingerprint density at radius 1 is 1.38 bits per heavy atom. The fourth-order valence-corrected chi connectivity index (χ4v) is 3.59. The van der Waals surface area contributed by atoms with E-state index in [1.165, 1.54) is 4.57 Å². The topological polar surface area (TPSA) is 75.3 Å². The van der Waals surface area contributed by atoms with Crippen LogP contribution in [0.1, 0.15) is 13.8 Å². The second-order valence-electron chi connectivity index (χ2n) is 5.24. The van der Waals surface area contributed by atoms with E-state index in [1.54, 1.807) is 44.1 Å². The third-order valence-corrected chi connectivity index (χ3v) is 4.94. The number of hydrogen-bond acceptors (Lipinski definition) is 6. The van der Waals surface area contributed by atoms with Crippen molar-refractivity contribution in [2.75, 3.05) is 18.6 Å². The van der Waals surface area contributed by atoms with Crippen molar-refractivity contribution in [3.8, 4) is 6.07 Å². The highest BCUT2D eigenvalue weighted by Gasteiger charge is 2.16. The van der Waals surface area contributed by atoms with Crippen molar-refractivity contribution in [2.24, 2.45) is 0 Å². The quantitative estimate of drug-likeness (QED) is 0.725. The molecule has 0 atom stereocenters. The molecule has 0 saturated carbocycles. The Morgan fingerprint density at radius 2 is 2.04 bits per heavy atom. The molecule has 0 amide bonds. The molecule has 8 heteroatoms. The first kappa shape index (κ1) is 19.8. The molecule has 0 saturated heterocycles. The minimum absolute atomic E-state index is 0.157. The summed E-state index contributed by atoms with van der Waals surface area (Å²) < 4.78 is 7.04. The molecule has 1 heterocycles. The molecule has 0 unspecified atom stereocenters. The third kappa shape index (κ3) is 4.15. The largest absolute Gasteiger partial charge is 0.462 e. The average Bonchev–Trinajstić information content (AvgIpc) is 2.92. The molecule has 0 aliphatic carbocycles. The van der Waals surface area contributed by atoms with Crippen LogP contribution in [0.5, 0.6) is 0 Å². The molecule has 0 aliphatic rings. The minimum Gasteiger partial charge on any atom is -0.462 e. The summed E-state index contributed by atoms with van der Waals surface area (Å²) in [4.78, 5) is 26.5. The number of esters is 1. The Balaban J connectivity index is 2.64. The fourth-order valence-electron chi connectivity index (χ4n) is 2.29. The Morgan fingerprint density at radius 3 is 2.58 bits per heavy atom. The average molecular weight is 392 g/mol. The Bertz CT molecular complexity index is 1020. The first-order valence-corrected chi connectivity index (χ1v) is 9.13. The number of halogens is 1. The van der Waals surface area contributed by atoms with Gasteiger partial charge in [0, 0.05) is 30.5 Å². The molecule has 0 aliphatic heterocycles. The highest BCUT2D eigenvalue weighted by Crippen LogP contribution is 2.16. The molecular formula is C18H18ClN3O3S. The summed E-state index contributed by atoms with van der Waals surface area (Å²) in [5, 5.41) is 9.97. The number of hydrogen-bond donors (Lipinski definition) is 0. The van der Waals surface area contributed by atoms with Gasteiger partial charge in [0.2, 0.25) is 0 Å². The van der Waals surface area contributed by atoms with Crippen LogP contribution in [0.3, 0.4) is 0 Å². The Kier molecular flexibility index (Phi) is 6.61. The monoisotopic (exact) mass is 391 g/mol. The summed E-state index contributed by atoms with van der Waals surface area (Å²) in [6.45, 7) is 3.94. The van der Waals surface area contributed by atoms with E-state index in [4.69, 9.17) is 16.3 Å². The SMILES string of the molecule is CCOC(=O)/C(C#N)=c1\s/c(=C/N(C)c2ccc(Cl)cc2)c(=O)n1CC. The predicted molar refractivity (Wildman–Crippen MR) is 103 cm³/mol. The van der Waals surface area contributed by atoms with Crippen LogP contribution in [0.15, 0.2) is 29.1 Å². The summed E-state index contributed by atoms with van der Waals surface area (Å²) in [6.07, 6.45) is 1.67. The predicted octanol–water partition coefficient (Wildman–Crippen LogP) is 1.69. The molecule has 0 radical (unpaired) electrons. The van der Waals surface area contributed by atoms with E-state index in [9.17, 15) is 14.9 Å². The normalized spacial score (nSPS) is 12.5. The van der Waals surface area contributed by atoms with E-state index >= 15 is 0 Å². The van der Waals surface area contributed by atoms with Crippen molar-refractivity contribution < 1.29 is 9.53 Å². The van der Waals surface area contributed by atoms with Crippen molar-refractivity contribution in [3.05, 3.63) is 48.8 Å². The molecule has 6 nitrogen and oxygen atoms in total. The zero-order valence-corrected chi connectivity index (χ0v) is 16.2. The van der Waals surface area contributed by atoms with Gasteiger partial charge in [-0.1, -0.05) is 11.6 Å². The van der Waals surface area contributed by atoms with E-state index in [1.807, 2.05) is 18.2 Å². The highest BCUT2D eigenvalue weighted by atomic mass is 35.5. The molecule has 136 valence electrons. The molecular weight excluding hydrogens is 374 g/mol. The van der Waals surface area contributed by atoms with Gasteiger partial charge in [0.25, 0.3) is 5.56 Å².